The number of ether oxygens (including phenoxy) is 1. The van der Waals surface area contributed by atoms with Crippen LogP contribution in [0.3, 0.4) is 0 Å². The summed E-state index contributed by atoms with van der Waals surface area (Å²) in [5.41, 5.74) is 1.11. The summed E-state index contributed by atoms with van der Waals surface area (Å²) < 4.78 is 5.62. The van der Waals surface area contributed by atoms with E-state index in [0.29, 0.717) is 16.0 Å². The molecule has 1 aliphatic heterocycles. The number of benzene rings is 1. The van der Waals surface area contributed by atoms with E-state index in [1.807, 2.05) is 18.2 Å². The lowest BCUT2D eigenvalue weighted by Gasteiger charge is -2.49. The standard InChI is InChI=1S/C19H26Cl2O2/c1-18(2)12-23-9-6-13(18)11-17(22)19(7-3-8-19)14-4-5-15(20)16(21)10-14/h4-5,10,13,17,22H,3,6-9,11-12H2,1-2H3. The first-order chi connectivity index (χ1) is 10.8. The van der Waals surface area contributed by atoms with Crippen LogP contribution in [0.5, 0.6) is 0 Å². The van der Waals surface area contributed by atoms with Gasteiger partial charge in [0.25, 0.3) is 0 Å². The molecule has 2 unspecified atom stereocenters. The summed E-state index contributed by atoms with van der Waals surface area (Å²) >= 11 is 12.3. The van der Waals surface area contributed by atoms with Crippen molar-refractivity contribution in [1.29, 1.82) is 0 Å². The van der Waals surface area contributed by atoms with Gasteiger partial charge in [-0.1, -0.05) is 49.5 Å². The van der Waals surface area contributed by atoms with E-state index in [0.717, 1.165) is 50.9 Å². The van der Waals surface area contributed by atoms with Crippen LogP contribution in [-0.4, -0.2) is 24.4 Å². The Morgan fingerprint density at radius 3 is 2.57 bits per heavy atom. The molecule has 2 aliphatic rings. The van der Waals surface area contributed by atoms with Gasteiger partial charge >= 0.3 is 0 Å². The second-order valence-corrected chi connectivity index (χ2v) is 8.73. The van der Waals surface area contributed by atoms with Gasteiger partial charge < -0.3 is 9.84 Å². The van der Waals surface area contributed by atoms with Crippen LogP contribution in [0.2, 0.25) is 10.0 Å². The van der Waals surface area contributed by atoms with Crippen LogP contribution in [0.25, 0.3) is 0 Å². The number of halogens is 2. The molecule has 2 nitrogen and oxygen atoms in total. The van der Waals surface area contributed by atoms with Gasteiger partial charge in [-0.15, -0.1) is 0 Å². The van der Waals surface area contributed by atoms with Gasteiger partial charge in [0.2, 0.25) is 0 Å². The van der Waals surface area contributed by atoms with Crippen molar-refractivity contribution >= 4 is 23.2 Å². The third kappa shape index (κ3) is 3.28. The van der Waals surface area contributed by atoms with E-state index in [2.05, 4.69) is 13.8 Å². The predicted molar refractivity (Wildman–Crippen MR) is 95.3 cm³/mol. The molecule has 0 aromatic heterocycles. The fourth-order valence-electron chi connectivity index (χ4n) is 4.18. The maximum absolute atomic E-state index is 11.1. The number of aliphatic hydroxyl groups excluding tert-OH is 1. The molecule has 0 spiro atoms. The molecule has 0 radical (unpaired) electrons. The van der Waals surface area contributed by atoms with E-state index in [1.165, 1.54) is 0 Å². The second-order valence-electron chi connectivity index (χ2n) is 7.92. The van der Waals surface area contributed by atoms with Gasteiger partial charge in [0, 0.05) is 12.0 Å². The molecule has 0 bridgehead atoms. The van der Waals surface area contributed by atoms with Crippen molar-refractivity contribution in [1.82, 2.24) is 0 Å². The summed E-state index contributed by atoms with van der Waals surface area (Å²) in [6.45, 7) is 6.08. The first-order valence-corrected chi connectivity index (χ1v) is 9.32. The number of hydrogen-bond acceptors (Lipinski definition) is 2. The summed E-state index contributed by atoms with van der Waals surface area (Å²) in [6.07, 6.45) is 4.73. The van der Waals surface area contributed by atoms with Gasteiger partial charge in [0.1, 0.15) is 0 Å². The van der Waals surface area contributed by atoms with Crippen molar-refractivity contribution < 1.29 is 9.84 Å². The van der Waals surface area contributed by atoms with E-state index in [4.69, 9.17) is 27.9 Å². The lowest BCUT2D eigenvalue weighted by molar-refractivity contribution is -0.0657. The minimum atomic E-state index is -0.337. The van der Waals surface area contributed by atoms with Crippen LogP contribution in [0, 0.1) is 11.3 Å². The zero-order chi connectivity index (χ0) is 16.7. The largest absolute Gasteiger partial charge is 0.392 e. The third-order valence-electron chi connectivity index (χ3n) is 6.08. The average Bonchev–Trinajstić information content (AvgIpc) is 2.44. The van der Waals surface area contributed by atoms with Crippen LogP contribution in [-0.2, 0) is 10.2 Å². The van der Waals surface area contributed by atoms with E-state index < -0.39 is 0 Å². The highest BCUT2D eigenvalue weighted by Crippen LogP contribution is 2.50. The van der Waals surface area contributed by atoms with E-state index in [-0.39, 0.29) is 16.9 Å². The summed E-state index contributed by atoms with van der Waals surface area (Å²) in [7, 11) is 0. The molecule has 1 saturated carbocycles. The Labute approximate surface area is 149 Å². The Morgan fingerprint density at radius 2 is 2.00 bits per heavy atom. The molecule has 1 N–H and O–H groups in total. The highest BCUT2D eigenvalue weighted by atomic mass is 35.5. The van der Waals surface area contributed by atoms with Crippen molar-refractivity contribution in [3.63, 3.8) is 0 Å². The molecule has 3 rings (SSSR count). The molecule has 1 heterocycles. The van der Waals surface area contributed by atoms with Crippen LogP contribution in [0.15, 0.2) is 18.2 Å². The molecular formula is C19H26Cl2O2. The molecule has 1 saturated heterocycles. The minimum Gasteiger partial charge on any atom is -0.392 e. The monoisotopic (exact) mass is 356 g/mol. The van der Waals surface area contributed by atoms with Crippen LogP contribution < -0.4 is 0 Å². The van der Waals surface area contributed by atoms with Gasteiger partial charge in [0.05, 0.1) is 22.8 Å². The maximum atomic E-state index is 11.1. The van der Waals surface area contributed by atoms with Crippen molar-refractivity contribution in [2.75, 3.05) is 13.2 Å². The van der Waals surface area contributed by atoms with Crippen molar-refractivity contribution in [2.45, 2.75) is 57.5 Å². The molecule has 2 fully saturated rings. The zero-order valence-corrected chi connectivity index (χ0v) is 15.5. The summed E-state index contributed by atoms with van der Waals surface area (Å²) in [4.78, 5) is 0. The lowest BCUT2D eigenvalue weighted by atomic mass is 9.58. The molecule has 2 atom stereocenters. The van der Waals surface area contributed by atoms with Gasteiger partial charge in [-0.2, -0.15) is 0 Å². The van der Waals surface area contributed by atoms with Gasteiger partial charge in [-0.05, 0) is 54.7 Å². The van der Waals surface area contributed by atoms with Crippen LogP contribution in [0.1, 0.15) is 51.5 Å². The van der Waals surface area contributed by atoms with E-state index >= 15 is 0 Å². The van der Waals surface area contributed by atoms with Gasteiger partial charge in [-0.3, -0.25) is 0 Å². The predicted octanol–water partition coefficient (Wildman–Crippen LogP) is 5.23. The molecule has 128 valence electrons. The first-order valence-electron chi connectivity index (χ1n) is 8.56. The topological polar surface area (TPSA) is 29.5 Å². The van der Waals surface area contributed by atoms with Crippen LogP contribution in [0.4, 0.5) is 0 Å². The summed E-state index contributed by atoms with van der Waals surface area (Å²) in [6, 6.07) is 5.83. The van der Waals surface area contributed by atoms with Crippen molar-refractivity contribution in [3.05, 3.63) is 33.8 Å². The molecule has 4 heteroatoms. The smallest absolute Gasteiger partial charge is 0.0639 e. The Morgan fingerprint density at radius 1 is 1.26 bits per heavy atom. The lowest BCUT2D eigenvalue weighted by Crippen LogP contribution is -2.48. The maximum Gasteiger partial charge on any atom is 0.0639 e. The number of hydrogen-bond donors (Lipinski definition) is 1. The molecular weight excluding hydrogens is 331 g/mol. The highest BCUT2D eigenvalue weighted by molar-refractivity contribution is 6.42. The second kappa shape index (κ2) is 6.55. The fraction of sp³-hybridized carbons (Fsp3) is 0.684. The quantitative estimate of drug-likeness (QED) is 0.800. The Bertz CT molecular complexity index is 566. The van der Waals surface area contributed by atoms with Gasteiger partial charge in [0.15, 0.2) is 0 Å². The molecule has 23 heavy (non-hydrogen) atoms. The third-order valence-corrected chi connectivity index (χ3v) is 6.81. The molecule has 1 aromatic carbocycles. The summed E-state index contributed by atoms with van der Waals surface area (Å²) in [5, 5.41) is 12.3. The average molecular weight is 357 g/mol. The number of rotatable bonds is 4. The Balaban J connectivity index is 1.80. The first kappa shape index (κ1) is 17.5. The summed E-state index contributed by atoms with van der Waals surface area (Å²) in [5.74, 6) is 0.492. The SMILES string of the molecule is CC1(C)COCCC1CC(O)C1(c2ccc(Cl)c(Cl)c2)CCC1. The zero-order valence-electron chi connectivity index (χ0n) is 13.9. The Hall–Kier alpha value is -0.280. The van der Waals surface area contributed by atoms with Crippen molar-refractivity contribution in [3.8, 4) is 0 Å². The van der Waals surface area contributed by atoms with Crippen LogP contribution >= 0.6 is 23.2 Å². The van der Waals surface area contributed by atoms with E-state index in [1.54, 1.807) is 0 Å². The number of aliphatic hydroxyl groups is 1. The van der Waals surface area contributed by atoms with Crippen molar-refractivity contribution in [2.24, 2.45) is 11.3 Å². The molecule has 1 aliphatic carbocycles. The highest BCUT2D eigenvalue weighted by Gasteiger charge is 2.47. The van der Waals surface area contributed by atoms with Gasteiger partial charge in [-0.25, -0.2) is 0 Å². The molecule has 1 aromatic rings. The van der Waals surface area contributed by atoms with E-state index in [9.17, 15) is 5.11 Å². The fourth-order valence-corrected chi connectivity index (χ4v) is 4.48. The Kier molecular flexibility index (Phi) is 5.00. The minimum absolute atomic E-state index is 0.127. The normalized spacial score (nSPS) is 27.3. The molecule has 0 amide bonds.